The predicted octanol–water partition coefficient (Wildman–Crippen LogP) is 1.89. The van der Waals surface area contributed by atoms with Crippen molar-refractivity contribution >= 4 is 29.2 Å². The summed E-state index contributed by atoms with van der Waals surface area (Å²) in [6.07, 6.45) is 0. The molecule has 0 saturated carbocycles. The van der Waals surface area contributed by atoms with E-state index in [1.54, 1.807) is 30.9 Å². The van der Waals surface area contributed by atoms with Crippen molar-refractivity contribution in [3.05, 3.63) is 16.9 Å². The van der Waals surface area contributed by atoms with Gasteiger partial charge in [-0.15, -0.1) is 0 Å². The number of methoxy groups -OCH3 is 3. The molecule has 0 aliphatic carbocycles. The number of carbonyl (C=O) groups is 1. The molecule has 2 aromatic rings. The molecule has 6 nitrogen and oxygen atoms in total. The lowest BCUT2D eigenvalue weighted by Crippen LogP contribution is -2.11. The third-order valence-electron chi connectivity index (χ3n) is 2.79. The van der Waals surface area contributed by atoms with Crippen molar-refractivity contribution in [3.63, 3.8) is 0 Å². The van der Waals surface area contributed by atoms with Crippen LogP contribution >= 0.6 is 12.2 Å². The molecule has 0 radical (unpaired) electrons. The van der Waals surface area contributed by atoms with Crippen LogP contribution in [0.3, 0.4) is 0 Å². The predicted molar refractivity (Wildman–Crippen MR) is 72.2 cm³/mol. The second-order valence-electron chi connectivity index (χ2n) is 3.82. The standard InChI is InChI=1S/C12H14N2O4S/c1-16-9-4-7-8(5-10(9)17-2)14(12(19)13-7)6-11(15)18-3/h4-5H,6H2,1-3H3,(H,13,19). The molecule has 102 valence electrons. The third kappa shape index (κ3) is 2.41. The Morgan fingerprint density at radius 1 is 1.26 bits per heavy atom. The highest BCUT2D eigenvalue weighted by Crippen LogP contribution is 2.31. The maximum Gasteiger partial charge on any atom is 0.325 e. The number of hydrogen-bond acceptors (Lipinski definition) is 5. The Bertz CT molecular complexity index is 674. The fraction of sp³-hybridized carbons (Fsp3) is 0.333. The molecule has 0 saturated heterocycles. The molecule has 0 aliphatic rings. The summed E-state index contributed by atoms with van der Waals surface area (Å²) in [7, 11) is 4.45. The number of ether oxygens (including phenoxy) is 3. The van der Waals surface area contributed by atoms with Gasteiger partial charge >= 0.3 is 5.97 Å². The average Bonchev–Trinajstić information content (AvgIpc) is 2.72. The Balaban J connectivity index is 2.62. The summed E-state index contributed by atoms with van der Waals surface area (Å²) >= 11 is 5.20. The molecule has 1 aromatic carbocycles. The number of nitrogens with zero attached hydrogens (tertiary/aromatic N) is 1. The SMILES string of the molecule is COC(=O)Cn1c(=S)[nH]c2cc(OC)c(OC)cc21. The maximum atomic E-state index is 11.4. The highest BCUT2D eigenvalue weighted by molar-refractivity contribution is 7.71. The summed E-state index contributed by atoms with van der Waals surface area (Å²) in [4.78, 5) is 14.4. The first-order valence-electron chi connectivity index (χ1n) is 5.52. The number of aromatic amines is 1. The van der Waals surface area contributed by atoms with E-state index < -0.39 is 0 Å². The number of esters is 1. The maximum absolute atomic E-state index is 11.4. The minimum Gasteiger partial charge on any atom is -0.493 e. The number of carbonyl (C=O) groups excluding carboxylic acids is 1. The second-order valence-corrected chi connectivity index (χ2v) is 4.20. The first-order chi connectivity index (χ1) is 9.10. The fourth-order valence-corrected chi connectivity index (χ4v) is 2.11. The summed E-state index contributed by atoms with van der Waals surface area (Å²) in [6, 6.07) is 3.54. The average molecular weight is 282 g/mol. The van der Waals surface area contributed by atoms with E-state index in [1.807, 2.05) is 0 Å². The molecule has 2 rings (SSSR count). The van der Waals surface area contributed by atoms with Crippen LogP contribution in [0.15, 0.2) is 12.1 Å². The lowest BCUT2D eigenvalue weighted by atomic mass is 10.2. The van der Waals surface area contributed by atoms with E-state index in [9.17, 15) is 4.79 Å². The number of hydrogen-bond donors (Lipinski definition) is 1. The second kappa shape index (κ2) is 5.31. The van der Waals surface area contributed by atoms with Crippen molar-refractivity contribution in [1.82, 2.24) is 9.55 Å². The highest BCUT2D eigenvalue weighted by Gasteiger charge is 2.13. The Morgan fingerprint density at radius 2 is 1.89 bits per heavy atom. The first-order valence-corrected chi connectivity index (χ1v) is 5.93. The number of aromatic nitrogens is 2. The van der Waals surface area contributed by atoms with E-state index in [1.165, 1.54) is 7.11 Å². The molecule has 0 amide bonds. The summed E-state index contributed by atoms with van der Waals surface area (Å²) in [6.45, 7) is 0.0464. The van der Waals surface area contributed by atoms with Gasteiger partial charge in [0.05, 0.1) is 32.4 Å². The summed E-state index contributed by atoms with van der Waals surface area (Å²) in [5, 5.41) is 0. The number of fused-ring (bicyclic) bond motifs is 1. The van der Waals surface area contributed by atoms with Gasteiger partial charge in [0.25, 0.3) is 0 Å². The van der Waals surface area contributed by atoms with Gasteiger partial charge in [-0.2, -0.15) is 0 Å². The Morgan fingerprint density at radius 3 is 2.47 bits per heavy atom. The van der Waals surface area contributed by atoms with Gasteiger partial charge in [-0.05, 0) is 12.2 Å². The van der Waals surface area contributed by atoms with Gasteiger partial charge in [0.2, 0.25) is 0 Å². The van der Waals surface area contributed by atoms with Crippen LogP contribution in [0.2, 0.25) is 0 Å². The van der Waals surface area contributed by atoms with Crippen molar-refractivity contribution in [2.24, 2.45) is 0 Å². The van der Waals surface area contributed by atoms with E-state index >= 15 is 0 Å². The van der Waals surface area contributed by atoms with Crippen LogP contribution in [0.4, 0.5) is 0 Å². The van der Waals surface area contributed by atoms with Gasteiger partial charge in [0.1, 0.15) is 6.54 Å². The van der Waals surface area contributed by atoms with Crippen molar-refractivity contribution < 1.29 is 19.0 Å². The molecular weight excluding hydrogens is 268 g/mol. The molecule has 1 heterocycles. The monoisotopic (exact) mass is 282 g/mol. The van der Waals surface area contributed by atoms with E-state index in [-0.39, 0.29) is 12.5 Å². The lowest BCUT2D eigenvalue weighted by molar-refractivity contribution is -0.141. The molecule has 1 N–H and O–H groups in total. The Labute approximate surface area is 114 Å². The Hall–Kier alpha value is -2.02. The number of imidazole rings is 1. The van der Waals surface area contributed by atoms with Crippen molar-refractivity contribution in [2.45, 2.75) is 6.54 Å². The minimum absolute atomic E-state index is 0.0464. The molecule has 0 fully saturated rings. The molecule has 0 spiro atoms. The highest BCUT2D eigenvalue weighted by atomic mass is 32.1. The van der Waals surface area contributed by atoms with Gasteiger partial charge in [-0.1, -0.05) is 0 Å². The summed E-state index contributed by atoms with van der Waals surface area (Å²) in [5.41, 5.74) is 1.53. The molecule has 19 heavy (non-hydrogen) atoms. The van der Waals surface area contributed by atoms with E-state index in [2.05, 4.69) is 9.72 Å². The van der Waals surface area contributed by atoms with Gasteiger partial charge < -0.3 is 23.8 Å². The largest absolute Gasteiger partial charge is 0.493 e. The smallest absolute Gasteiger partial charge is 0.325 e. The van der Waals surface area contributed by atoms with Crippen LogP contribution < -0.4 is 9.47 Å². The quantitative estimate of drug-likeness (QED) is 0.685. The van der Waals surface area contributed by atoms with Gasteiger partial charge in [0.15, 0.2) is 16.3 Å². The van der Waals surface area contributed by atoms with E-state index in [0.717, 1.165) is 11.0 Å². The zero-order chi connectivity index (χ0) is 14.0. The van der Waals surface area contributed by atoms with Crippen LogP contribution in [0.1, 0.15) is 0 Å². The first kappa shape index (κ1) is 13.4. The van der Waals surface area contributed by atoms with Gasteiger partial charge in [-0.25, -0.2) is 0 Å². The van der Waals surface area contributed by atoms with Gasteiger partial charge in [0, 0.05) is 12.1 Å². The topological polar surface area (TPSA) is 65.5 Å². The zero-order valence-corrected chi connectivity index (χ0v) is 11.7. The molecule has 0 bridgehead atoms. The van der Waals surface area contributed by atoms with Crippen LogP contribution in [-0.2, 0) is 16.1 Å². The minimum atomic E-state index is -0.369. The van der Waals surface area contributed by atoms with Crippen molar-refractivity contribution in [3.8, 4) is 11.5 Å². The van der Waals surface area contributed by atoms with Crippen molar-refractivity contribution in [2.75, 3.05) is 21.3 Å². The normalized spacial score (nSPS) is 10.5. The fourth-order valence-electron chi connectivity index (χ4n) is 1.83. The molecule has 1 aromatic heterocycles. The molecule has 0 unspecified atom stereocenters. The van der Waals surface area contributed by atoms with Crippen LogP contribution in [-0.4, -0.2) is 36.8 Å². The van der Waals surface area contributed by atoms with E-state index in [4.69, 9.17) is 21.7 Å². The molecule has 0 aliphatic heterocycles. The number of nitrogens with one attached hydrogen (secondary N) is 1. The third-order valence-corrected chi connectivity index (χ3v) is 3.12. The Kier molecular flexibility index (Phi) is 3.75. The van der Waals surface area contributed by atoms with Crippen LogP contribution in [0.5, 0.6) is 11.5 Å². The zero-order valence-electron chi connectivity index (χ0n) is 10.9. The molecular formula is C12H14N2O4S. The number of rotatable bonds is 4. The van der Waals surface area contributed by atoms with E-state index in [0.29, 0.717) is 16.3 Å². The number of benzene rings is 1. The summed E-state index contributed by atoms with van der Waals surface area (Å²) in [5.74, 6) is 0.797. The molecule has 0 atom stereocenters. The molecule has 7 heteroatoms. The number of H-pyrrole nitrogens is 1. The lowest BCUT2D eigenvalue weighted by Gasteiger charge is -2.08. The summed E-state index contributed by atoms with van der Waals surface area (Å²) < 4.78 is 17.2. The van der Waals surface area contributed by atoms with Gasteiger partial charge in [-0.3, -0.25) is 4.79 Å². The van der Waals surface area contributed by atoms with Crippen LogP contribution in [0, 0.1) is 4.77 Å². The van der Waals surface area contributed by atoms with Crippen LogP contribution in [0.25, 0.3) is 11.0 Å². The van der Waals surface area contributed by atoms with Crippen molar-refractivity contribution in [1.29, 1.82) is 0 Å².